The number of phenols is 1. The van der Waals surface area contributed by atoms with Gasteiger partial charge in [0.25, 0.3) is 23.6 Å². The first-order valence-electron chi connectivity index (χ1n) is 28.7. The molecule has 0 aliphatic carbocycles. The molecular formula is C60H57N15O11S6. The Bertz CT molecular complexity index is 4240. The second kappa shape index (κ2) is 27.5. The topological polar surface area (TPSA) is 375 Å². The number of aromatic hydroxyl groups is 1. The van der Waals surface area contributed by atoms with Gasteiger partial charge >= 0.3 is 6.09 Å². The number of thiazole rings is 6. The normalized spacial score (nSPS) is 20.1. The van der Waals surface area contributed by atoms with Crippen molar-refractivity contribution >= 4 is 110 Å². The Hall–Kier alpha value is -8.86. The first-order valence-corrected chi connectivity index (χ1v) is 34.0. The van der Waals surface area contributed by atoms with E-state index in [0.717, 1.165) is 58.4 Å². The second-order valence-electron chi connectivity index (χ2n) is 21.7. The number of aliphatic hydroxyl groups is 1. The van der Waals surface area contributed by atoms with Crippen molar-refractivity contribution in [1.29, 1.82) is 0 Å². The highest BCUT2D eigenvalue weighted by molar-refractivity contribution is 7.15. The molecule has 0 spiro atoms. The molecule has 92 heavy (non-hydrogen) atoms. The summed E-state index contributed by atoms with van der Waals surface area (Å²) in [5.41, 5.74) is 14.1. The summed E-state index contributed by atoms with van der Waals surface area (Å²) in [6, 6.07) is 13.6. The number of fused-ring (bicyclic) bond motifs is 16. The van der Waals surface area contributed by atoms with E-state index in [1.165, 1.54) is 50.9 Å². The maximum absolute atomic E-state index is 15.7. The minimum absolute atomic E-state index is 0.0199. The fourth-order valence-electron chi connectivity index (χ4n) is 10.8. The summed E-state index contributed by atoms with van der Waals surface area (Å²) in [5.74, 6) is -4.86. The number of aryl methyl sites for hydroxylation is 1. The maximum atomic E-state index is 15.7. The van der Waals surface area contributed by atoms with E-state index in [9.17, 15) is 39.0 Å². The van der Waals surface area contributed by atoms with Gasteiger partial charge in [-0.2, -0.15) is 0 Å². The number of nitrogens with zero attached hydrogens (tertiary/aromatic N) is 9. The quantitative estimate of drug-likeness (QED) is 0.0651. The van der Waals surface area contributed by atoms with Gasteiger partial charge in [-0.15, -0.1) is 68.0 Å². The van der Waals surface area contributed by atoms with Gasteiger partial charge in [-0.1, -0.05) is 49.4 Å². The first-order chi connectivity index (χ1) is 44.4. The number of hydrogen-bond acceptors (Lipinski definition) is 25. The van der Waals surface area contributed by atoms with Gasteiger partial charge in [0.1, 0.15) is 99.9 Å². The molecule has 7 aromatic heterocycles. The average molecular weight is 1360 g/mol. The standard InChI is InChI=1S/C60H57N15O11S6/c1-28-42(86-60(84)63-14-15-74-16-18-85-19-17-74)22-75-47(28)58-71-41(27-91-58)55-67-37(23-88-55)45-33(12-13-34(64-45)54-68-38(24-89-54)49(62)79)53-69-39(25-87-53)50(80)65-35(21-43(61)77)56-73-44(29(2)92-56)52(82)72-46(48(78)31-6-4-3-5-7-31)57-70-40(26-90-57)51(81)66-36(59(75)83)20-30-8-10-32(76)11-9-30/h3-13,23-28,35-36,42,46-48,76,78H,14-22H2,1-2H3,(H2,61,77)(H2,62,79)(H,63,84)(H,65,80)(H,66,81)(H,72,82)/t28-,35-,36-,42-,46-,47-,48+/m0/s1. The van der Waals surface area contributed by atoms with Gasteiger partial charge in [-0.3, -0.25) is 33.7 Å². The van der Waals surface area contributed by atoms with Crippen LogP contribution < -0.4 is 32.7 Å². The molecule has 10 heterocycles. The zero-order chi connectivity index (χ0) is 64.3. The summed E-state index contributed by atoms with van der Waals surface area (Å²) in [5, 5.41) is 43.9. The molecule has 0 radical (unpaired) electrons. The summed E-state index contributed by atoms with van der Waals surface area (Å²) < 4.78 is 11.6. The molecule has 474 valence electrons. The lowest BCUT2D eigenvalue weighted by molar-refractivity contribution is -0.134. The highest BCUT2D eigenvalue weighted by Crippen LogP contribution is 2.44. The van der Waals surface area contributed by atoms with Crippen molar-refractivity contribution in [2.75, 3.05) is 45.9 Å². The van der Waals surface area contributed by atoms with Gasteiger partial charge in [-0.05, 0) is 42.3 Å². The molecule has 0 unspecified atom stereocenters. The van der Waals surface area contributed by atoms with Crippen molar-refractivity contribution in [3.05, 3.63) is 147 Å². The number of pyridine rings is 1. The smallest absolute Gasteiger partial charge is 0.407 e. The zero-order valence-corrected chi connectivity index (χ0v) is 53.7. The van der Waals surface area contributed by atoms with Crippen LogP contribution >= 0.6 is 68.0 Å². The average Bonchev–Trinajstić information content (AvgIpc) is 1.64. The SMILES string of the molecule is Cc1sc2nc1C(=O)N[C@@H]([C@H](O)c1ccccc1)c1nc(cs1)C(=O)N[C@@H](Cc1ccc(O)cc1)C(=O)N1C[C@H](OC(=O)NCCN3CCOCC3)[C@H](C)[C@H]1c1nc(cs1)-c1nc(cs1)-c1nc(-c3nc(C(N)=O)cs3)ccc1-c1nc(cs1)C(=O)N[C@H]2CC(N)=O. The third-order valence-corrected chi connectivity index (χ3v) is 21.0. The molecule has 12 rings (SSSR count). The number of carbonyl (C=O) groups excluding carboxylic acids is 7. The molecular weight excluding hydrogens is 1300 g/mol. The molecule has 32 heteroatoms. The van der Waals surface area contributed by atoms with E-state index in [4.69, 9.17) is 40.9 Å². The van der Waals surface area contributed by atoms with Crippen molar-refractivity contribution < 1.29 is 53.2 Å². The Balaban J connectivity index is 0.953. The summed E-state index contributed by atoms with van der Waals surface area (Å²) in [6.45, 7) is 6.87. The van der Waals surface area contributed by atoms with E-state index in [-0.39, 0.29) is 51.5 Å². The molecule has 3 aliphatic rings. The largest absolute Gasteiger partial charge is 0.508 e. The third kappa shape index (κ3) is 14.0. The number of nitrogens with one attached hydrogen (secondary N) is 4. The first kappa shape index (κ1) is 63.3. The number of aliphatic hydroxyl groups excluding tert-OH is 1. The van der Waals surface area contributed by atoms with Crippen LogP contribution in [-0.4, -0.2) is 155 Å². The molecule has 10 N–H and O–H groups in total. The number of primary amides is 2. The lowest BCUT2D eigenvalue weighted by atomic mass is 10.00. The van der Waals surface area contributed by atoms with Crippen molar-refractivity contribution in [1.82, 2.24) is 66.0 Å². The van der Waals surface area contributed by atoms with Crippen LogP contribution in [0.3, 0.4) is 0 Å². The number of phenolic OH excluding ortho intramolecular Hbond substituents is 1. The molecule has 26 nitrogen and oxygen atoms in total. The maximum Gasteiger partial charge on any atom is 0.407 e. The third-order valence-electron chi connectivity index (χ3n) is 15.5. The number of morpholine rings is 1. The number of ether oxygens (including phenoxy) is 2. The van der Waals surface area contributed by atoms with E-state index in [0.29, 0.717) is 90.7 Å². The van der Waals surface area contributed by atoms with Gasteiger partial charge in [-0.25, -0.2) is 39.7 Å². The van der Waals surface area contributed by atoms with Gasteiger partial charge in [0.2, 0.25) is 11.8 Å². The van der Waals surface area contributed by atoms with Crippen molar-refractivity contribution in [2.24, 2.45) is 17.4 Å². The number of nitrogens with two attached hydrogens (primary N) is 2. The molecule has 10 bridgehead atoms. The highest BCUT2D eigenvalue weighted by Gasteiger charge is 2.48. The van der Waals surface area contributed by atoms with E-state index >= 15 is 4.79 Å². The molecule has 0 saturated carbocycles. The number of alkyl carbamates (subject to hydrolysis) is 1. The summed E-state index contributed by atoms with van der Waals surface area (Å²) in [6.07, 6.45) is -3.46. The van der Waals surface area contributed by atoms with Crippen LogP contribution in [0, 0.1) is 12.8 Å². The molecule has 2 aromatic carbocycles. The molecule has 7 atom stereocenters. The van der Waals surface area contributed by atoms with Gasteiger partial charge in [0, 0.05) is 75.9 Å². The zero-order valence-electron chi connectivity index (χ0n) is 48.8. The second-order valence-corrected chi connectivity index (χ2v) is 27.3. The lowest BCUT2D eigenvalue weighted by Gasteiger charge is -2.29. The Morgan fingerprint density at radius 3 is 2.12 bits per heavy atom. The predicted octanol–water partition coefficient (Wildman–Crippen LogP) is 6.45. The molecule has 9 aromatic rings. The van der Waals surface area contributed by atoms with Crippen molar-refractivity contribution in [2.45, 2.75) is 63.1 Å². The number of aromatic nitrogens is 7. The Kier molecular flexibility index (Phi) is 18.9. The number of hydrogen-bond donors (Lipinski definition) is 8. The summed E-state index contributed by atoms with van der Waals surface area (Å²) >= 11 is 6.83. The highest BCUT2D eigenvalue weighted by atomic mass is 32.1. The summed E-state index contributed by atoms with van der Waals surface area (Å²) in [7, 11) is 0. The number of rotatable bonds is 12. The molecule has 2 saturated heterocycles. The molecule has 2 fully saturated rings. The monoisotopic (exact) mass is 1360 g/mol. The fourth-order valence-corrected chi connectivity index (χ4v) is 16.1. The Labute approximate surface area is 548 Å². The van der Waals surface area contributed by atoms with Gasteiger partial charge < -0.3 is 57.3 Å². The van der Waals surface area contributed by atoms with Crippen LogP contribution in [0.15, 0.2) is 93.6 Å². The van der Waals surface area contributed by atoms with Crippen molar-refractivity contribution in [3.8, 4) is 49.1 Å². The number of carbonyl (C=O) groups is 7. The minimum atomic E-state index is -1.43. The number of benzene rings is 2. The number of amides is 7. The van der Waals surface area contributed by atoms with Crippen LogP contribution in [0.5, 0.6) is 5.75 Å². The fraction of sp³-hybridized carbons (Fsp3) is 0.300. The van der Waals surface area contributed by atoms with Gasteiger partial charge in [0.05, 0.1) is 44.0 Å². The molecule has 7 amide bonds. The van der Waals surface area contributed by atoms with Crippen LogP contribution in [0.2, 0.25) is 0 Å². The van der Waals surface area contributed by atoms with E-state index in [1.807, 2.05) is 6.92 Å². The Morgan fingerprint density at radius 2 is 1.37 bits per heavy atom. The predicted molar refractivity (Wildman–Crippen MR) is 344 cm³/mol. The van der Waals surface area contributed by atoms with Gasteiger partial charge in [0.15, 0.2) is 0 Å². The van der Waals surface area contributed by atoms with Crippen molar-refractivity contribution in [3.63, 3.8) is 0 Å². The summed E-state index contributed by atoms with van der Waals surface area (Å²) in [4.78, 5) is 136. The van der Waals surface area contributed by atoms with Crippen LogP contribution in [0.1, 0.15) is 111 Å². The Morgan fingerprint density at radius 1 is 0.707 bits per heavy atom. The van der Waals surface area contributed by atoms with Crippen LogP contribution in [-0.2, 0) is 25.5 Å². The van der Waals surface area contributed by atoms with E-state index in [2.05, 4.69) is 41.1 Å². The molecule has 3 aliphatic heterocycles. The van der Waals surface area contributed by atoms with E-state index < -0.39 is 90.3 Å². The lowest BCUT2D eigenvalue weighted by Crippen LogP contribution is -2.50. The minimum Gasteiger partial charge on any atom is -0.508 e. The van der Waals surface area contributed by atoms with E-state index in [1.54, 1.807) is 77.2 Å². The van der Waals surface area contributed by atoms with Crippen LogP contribution in [0.4, 0.5) is 4.79 Å². The van der Waals surface area contributed by atoms with Crippen LogP contribution in [0.25, 0.3) is 43.4 Å².